The number of nitrogens with zero attached hydrogens (tertiary/aromatic N) is 4. The Balaban J connectivity index is 1.78. The number of rotatable bonds is 3. The van der Waals surface area contributed by atoms with Crippen molar-refractivity contribution in [3.63, 3.8) is 0 Å². The number of thiophene rings is 1. The van der Waals surface area contributed by atoms with Crippen LogP contribution in [0.15, 0.2) is 50.5 Å². The summed E-state index contributed by atoms with van der Waals surface area (Å²) >= 11 is 2.81. The molecule has 0 aliphatic carbocycles. The van der Waals surface area contributed by atoms with Crippen LogP contribution in [0.25, 0.3) is 10.8 Å². The molecule has 3 aromatic heterocycles. The average Bonchev–Trinajstić information content (AvgIpc) is 3.10. The Kier molecular flexibility index (Phi) is 3.27. The molecule has 0 radical (unpaired) electrons. The standard InChI is InChI=1S/C12H6N4OS2/c13-6-8-3-4-10(14-7-8)19-12-16-15-11(17-12)9-2-1-5-18-9/h1-5,7H. The number of hydrogen-bond acceptors (Lipinski definition) is 7. The molecule has 0 fully saturated rings. The highest BCUT2D eigenvalue weighted by atomic mass is 32.2. The van der Waals surface area contributed by atoms with E-state index in [4.69, 9.17) is 9.68 Å². The SMILES string of the molecule is N#Cc1ccc(Sc2nnc(-c3cccs3)o2)nc1. The van der Waals surface area contributed by atoms with Gasteiger partial charge in [0.15, 0.2) is 0 Å². The highest BCUT2D eigenvalue weighted by Gasteiger charge is 2.11. The molecule has 3 heterocycles. The fraction of sp³-hybridized carbons (Fsp3) is 0. The third-order valence-corrected chi connectivity index (χ3v) is 3.84. The zero-order valence-electron chi connectivity index (χ0n) is 9.48. The Bertz CT molecular complexity index is 713. The minimum Gasteiger partial charge on any atom is -0.410 e. The first-order chi connectivity index (χ1) is 9.35. The summed E-state index contributed by atoms with van der Waals surface area (Å²) in [5.41, 5.74) is 0.522. The summed E-state index contributed by atoms with van der Waals surface area (Å²) in [6, 6.07) is 9.32. The van der Waals surface area contributed by atoms with E-state index < -0.39 is 0 Å². The second-order valence-electron chi connectivity index (χ2n) is 3.45. The van der Waals surface area contributed by atoms with Crippen molar-refractivity contribution >= 4 is 23.1 Å². The van der Waals surface area contributed by atoms with Crippen LogP contribution in [-0.4, -0.2) is 15.2 Å². The predicted octanol–water partition coefficient (Wildman–Crippen LogP) is 3.22. The maximum Gasteiger partial charge on any atom is 0.283 e. The van der Waals surface area contributed by atoms with E-state index in [2.05, 4.69) is 15.2 Å². The summed E-state index contributed by atoms with van der Waals surface area (Å²) in [5.74, 6) is 0.506. The summed E-state index contributed by atoms with van der Waals surface area (Å²) in [7, 11) is 0. The molecule has 0 aliphatic rings. The lowest BCUT2D eigenvalue weighted by molar-refractivity contribution is 0.466. The third kappa shape index (κ3) is 2.65. The summed E-state index contributed by atoms with van der Waals surface area (Å²) in [4.78, 5) is 5.07. The maximum absolute atomic E-state index is 8.69. The van der Waals surface area contributed by atoms with Crippen LogP contribution in [0.2, 0.25) is 0 Å². The van der Waals surface area contributed by atoms with Gasteiger partial charge in [-0.25, -0.2) is 4.98 Å². The second-order valence-corrected chi connectivity index (χ2v) is 5.37. The van der Waals surface area contributed by atoms with Gasteiger partial charge in [0.1, 0.15) is 11.1 Å². The van der Waals surface area contributed by atoms with E-state index in [0.29, 0.717) is 21.7 Å². The van der Waals surface area contributed by atoms with Gasteiger partial charge in [-0.3, -0.25) is 0 Å². The smallest absolute Gasteiger partial charge is 0.283 e. The van der Waals surface area contributed by atoms with E-state index >= 15 is 0 Å². The molecule has 7 heteroatoms. The van der Waals surface area contributed by atoms with Gasteiger partial charge in [-0.15, -0.1) is 21.5 Å². The molecule has 3 aromatic rings. The molecule has 0 bridgehead atoms. The first-order valence-electron chi connectivity index (χ1n) is 5.26. The summed E-state index contributed by atoms with van der Waals surface area (Å²) in [6.07, 6.45) is 1.51. The van der Waals surface area contributed by atoms with Gasteiger partial charge >= 0.3 is 0 Å². The normalized spacial score (nSPS) is 10.3. The highest BCUT2D eigenvalue weighted by Crippen LogP contribution is 2.29. The Morgan fingerprint density at radius 2 is 2.21 bits per heavy atom. The summed E-state index contributed by atoms with van der Waals surface area (Å²) in [6.45, 7) is 0. The lowest BCUT2D eigenvalue weighted by Crippen LogP contribution is -1.81. The first kappa shape index (κ1) is 11.9. The molecular formula is C12H6N4OS2. The Labute approximate surface area is 116 Å². The van der Waals surface area contributed by atoms with Gasteiger partial charge in [0, 0.05) is 6.20 Å². The van der Waals surface area contributed by atoms with Crippen molar-refractivity contribution in [1.29, 1.82) is 5.26 Å². The molecule has 92 valence electrons. The first-order valence-corrected chi connectivity index (χ1v) is 6.96. The zero-order chi connectivity index (χ0) is 13.1. The fourth-order valence-electron chi connectivity index (χ4n) is 1.35. The second kappa shape index (κ2) is 5.22. The van der Waals surface area contributed by atoms with E-state index in [1.807, 2.05) is 23.6 Å². The molecule has 0 unspecified atom stereocenters. The highest BCUT2D eigenvalue weighted by molar-refractivity contribution is 7.99. The quantitative estimate of drug-likeness (QED) is 0.736. The summed E-state index contributed by atoms with van der Waals surface area (Å²) < 4.78 is 5.53. The van der Waals surface area contributed by atoms with Gasteiger partial charge in [0.2, 0.25) is 0 Å². The number of aromatic nitrogens is 3. The van der Waals surface area contributed by atoms with Crippen LogP contribution in [0.3, 0.4) is 0 Å². The Hall–Kier alpha value is -2.17. The van der Waals surface area contributed by atoms with Crippen molar-refractivity contribution in [2.75, 3.05) is 0 Å². The lowest BCUT2D eigenvalue weighted by atomic mass is 10.3. The van der Waals surface area contributed by atoms with Crippen molar-refractivity contribution in [2.24, 2.45) is 0 Å². The van der Waals surface area contributed by atoms with Crippen LogP contribution >= 0.6 is 23.1 Å². The molecule has 5 nitrogen and oxygen atoms in total. The molecule has 0 saturated heterocycles. The molecule has 0 amide bonds. The van der Waals surface area contributed by atoms with E-state index in [1.165, 1.54) is 18.0 Å². The number of pyridine rings is 1. The molecule has 0 atom stereocenters. The van der Waals surface area contributed by atoms with Gasteiger partial charge in [0.25, 0.3) is 11.1 Å². The largest absolute Gasteiger partial charge is 0.410 e. The van der Waals surface area contributed by atoms with Gasteiger partial charge < -0.3 is 4.42 Å². The van der Waals surface area contributed by atoms with Crippen molar-refractivity contribution in [1.82, 2.24) is 15.2 Å². The number of hydrogen-bond donors (Lipinski definition) is 0. The van der Waals surface area contributed by atoms with Crippen LogP contribution in [0.1, 0.15) is 5.56 Å². The van der Waals surface area contributed by atoms with Crippen molar-refractivity contribution in [3.8, 4) is 16.8 Å². The zero-order valence-corrected chi connectivity index (χ0v) is 11.1. The molecular weight excluding hydrogens is 280 g/mol. The fourth-order valence-corrected chi connectivity index (χ4v) is 2.61. The van der Waals surface area contributed by atoms with E-state index in [-0.39, 0.29) is 0 Å². The van der Waals surface area contributed by atoms with Crippen LogP contribution < -0.4 is 0 Å². The van der Waals surface area contributed by atoms with Gasteiger partial charge in [-0.2, -0.15) is 5.26 Å². The third-order valence-electron chi connectivity index (χ3n) is 2.20. The molecule has 0 saturated carbocycles. The van der Waals surface area contributed by atoms with Crippen molar-refractivity contribution < 1.29 is 4.42 Å². The van der Waals surface area contributed by atoms with Crippen LogP contribution in [-0.2, 0) is 0 Å². The molecule has 0 aromatic carbocycles. The molecule has 0 N–H and O–H groups in total. The van der Waals surface area contributed by atoms with E-state index in [9.17, 15) is 0 Å². The number of nitriles is 1. The van der Waals surface area contributed by atoms with Crippen molar-refractivity contribution in [2.45, 2.75) is 10.2 Å². The molecule has 0 spiro atoms. The monoisotopic (exact) mass is 286 g/mol. The van der Waals surface area contributed by atoms with Gasteiger partial charge in [0.05, 0.1) is 10.4 Å². The lowest BCUT2D eigenvalue weighted by Gasteiger charge is -1.94. The molecule has 3 rings (SSSR count). The summed E-state index contributed by atoms with van der Waals surface area (Å²) in [5, 5.41) is 19.7. The maximum atomic E-state index is 8.69. The topological polar surface area (TPSA) is 75.6 Å². The Morgan fingerprint density at radius 3 is 2.89 bits per heavy atom. The van der Waals surface area contributed by atoms with Crippen LogP contribution in [0.5, 0.6) is 0 Å². The molecule has 0 aliphatic heterocycles. The minimum absolute atomic E-state index is 0.431. The van der Waals surface area contributed by atoms with Crippen LogP contribution in [0.4, 0.5) is 0 Å². The van der Waals surface area contributed by atoms with E-state index in [0.717, 1.165) is 4.88 Å². The average molecular weight is 286 g/mol. The van der Waals surface area contributed by atoms with Crippen LogP contribution in [0, 0.1) is 11.3 Å². The van der Waals surface area contributed by atoms with Gasteiger partial charge in [-0.1, -0.05) is 6.07 Å². The molecule has 19 heavy (non-hydrogen) atoms. The van der Waals surface area contributed by atoms with Gasteiger partial charge in [-0.05, 0) is 35.3 Å². The predicted molar refractivity (Wildman–Crippen MR) is 70.7 cm³/mol. The van der Waals surface area contributed by atoms with E-state index in [1.54, 1.807) is 23.5 Å². The van der Waals surface area contributed by atoms with Crippen molar-refractivity contribution in [3.05, 3.63) is 41.4 Å². The minimum atomic E-state index is 0.431. The Morgan fingerprint density at radius 1 is 1.26 bits per heavy atom.